The summed E-state index contributed by atoms with van der Waals surface area (Å²) in [6.45, 7) is 2.15. The van der Waals surface area contributed by atoms with Gasteiger partial charge in [0.05, 0.1) is 0 Å². The van der Waals surface area contributed by atoms with E-state index in [2.05, 4.69) is 11.9 Å². The highest BCUT2D eigenvalue weighted by atomic mass is 16.3. The van der Waals surface area contributed by atoms with Crippen molar-refractivity contribution >= 4 is 6.21 Å². The van der Waals surface area contributed by atoms with Gasteiger partial charge in [0.25, 0.3) is 0 Å². The molecule has 2 nitrogen and oxygen atoms in total. The van der Waals surface area contributed by atoms with Gasteiger partial charge in [-0.1, -0.05) is 19.8 Å². The van der Waals surface area contributed by atoms with E-state index in [0.717, 1.165) is 12.8 Å². The van der Waals surface area contributed by atoms with Crippen molar-refractivity contribution in [3.63, 3.8) is 0 Å². The maximum atomic E-state index is 9.63. The second kappa shape index (κ2) is 3.67. The van der Waals surface area contributed by atoms with Gasteiger partial charge in [0.2, 0.25) is 0 Å². The number of hydrogen-bond donors (Lipinski definition) is 1. The van der Waals surface area contributed by atoms with Crippen molar-refractivity contribution in [3.05, 3.63) is 12.2 Å². The summed E-state index contributed by atoms with van der Waals surface area (Å²) in [4.78, 5) is 3.96. The van der Waals surface area contributed by atoms with E-state index < -0.39 is 5.72 Å². The Kier molecular flexibility index (Phi) is 2.83. The van der Waals surface area contributed by atoms with Crippen LogP contribution in [0.5, 0.6) is 0 Å². The predicted molar refractivity (Wildman–Crippen MR) is 46.7 cm³/mol. The second-order valence-corrected chi connectivity index (χ2v) is 2.97. The first-order valence-corrected chi connectivity index (χ1v) is 4.22. The molecule has 1 atom stereocenters. The molecule has 0 saturated heterocycles. The van der Waals surface area contributed by atoms with Crippen LogP contribution in [0.15, 0.2) is 17.1 Å². The molecule has 1 heterocycles. The summed E-state index contributed by atoms with van der Waals surface area (Å²) >= 11 is 0. The highest BCUT2D eigenvalue weighted by Crippen LogP contribution is 2.20. The van der Waals surface area contributed by atoms with Gasteiger partial charge in [-0.2, -0.15) is 0 Å². The molecule has 1 rings (SSSR count). The van der Waals surface area contributed by atoms with Crippen LogP contribution in [0.25, 0.3) is 0 Å². The van der Waals surface area contributed by atoms with Gasteiger partial charge >= 0.3 is 0 Å². The van der Waals surface area contributed by atoms with Gasteiger partial charge in [0.15, 0.2) is 5.72 Å². The van der Waals surface area contributed by atoms with Crippen molar-refractivity contribution in [2.75, 3.05) is 0 Å². The van der Waals surface area contributed by atoms with E-state index in [9.17, 15) is 5.11 Å². The summed E-state index contributed by atoms with van der Waals surface area (Å²) < 4.78 is 0. The fourth-order valence-corrected chi connectivity index (χ4v) is 1.20. The van der Waals surface area contributed by atoms with E-state index in [-0.39, 0.29) is 0 Å². The molecule has 0 radical (unpaired) electrons. The van der Waals surface area contributed by atoms with Gasteiger partial charge in [0, 0.05) is 12.6 Å². The Morgan fingerprint density at radius 2 is 2.27 bits per heavy atom. The van der Waals surface area contributed by atoms with Crippen molar-refractivity contribution in [1.29, 1.82) is 0 Å². The van der Waals surface area contributed by atoms with Crippen LogP contribution in [-0.4, -0.2) is 17.0 Å². The number of hydrogen-bond acceptors (Lipinski definition) is 2. The van der Waals surface area contributed by atoms with Crippen LogP contribution in [0.3, 0.4) is 0 Å². The van der Waals surface area contributed by atoms with Crippen LogP contribution in [0.2, 0.25) is 0 Å². The molecule has 2 heteroatoms. The van der Waals surface area contributed by atoms with Crippen molar-refractivity contribution in [2.24, 2.45) is 4.99 Å². The summed E-state index contributed by atoms with van der Waals surface area (Å²) in [6.07, 6.45) is 9.37. The standard InChI is InChI=1S/C9H15NO/c1-2-3-4-6-9(11)7-5-8-10-9/h5,7-8,11H,2-4,6H2,1H3. The van der Waals surface area contributed by atoms with Gasteiger partial charge in [0.1, 0.15) is 0 Å². The zero-order chi connectivity index (χ0) is 8.16. The van der Waals surface area contributed by atoms with Crippen molar-refractivity contribution < 1.29 is 5.11 Å². The van der Waals surface area contributed by atoms with Gasteiger partial charge in [-0.3, -0.25) is 4.99 Å². The average molecular weight is 153 g/mol. The average Bonchev–Trinajstić information content (AvgIpc) is 2.38. The Balaban J connectivity index is 2.25. The van der Waals surface area contributed by atoms with E-state index in [4.69, 9.17) is 0 Å². The fraction of sp³-hybridized carbons (Fsp3) is 0.667. The number of aliphatic imine (C=N–C) groups is 1. The SMILES string of the molecule is CCCCCC1(O)C=CC=N1. The lowest BCUT2D eigenvalue weighted by atomic mass is 10.1. The van der Waals surface area contributed by atoms with Gasteiger partial charge in [-0.25, -0.2) is 0 Å². The third-order valence-corrected chi connectivity index (χ3v) is 1.90. The predicted octanol–water partition coefficient (Wildman–Crippen LogP) is 1.90. The quantitative estimate of drug-likeness (QED) is 0.615. The first-order chi connectivity index (χ1) is 5.27. The minimum atomic E-state index is -0.866. The van der Waals surface area contributed by atoms with E-state index in [0.29, 0.717) is 0 Å². The van der Waals surface area contributed by atoms with Crippen LogP contribution >= 0.6 is 0 Å². The number of nitrogens with zero attached hydrogens (tertiary/aromatic N) is 1. The van der Waals surface area contributed by atoms with E-state index in [1.807, 2.05) is 0 Å². The molecule has 0 aromatic rings. The number of rotatable bonds is 4. The Labute approximate surface area is 67.7 Å². The molecule has 1 aliphatic heterocycles. The number of aliphatic hydroxyl groups is 1. The first kappa shape index (κ1) is 8.47. The zero-order valence-corrected chi connectivity index (χ0v) is 6.95. The molecule has 0 bridgehead atoms. The van der Waals surface area contributed by atoms with Crippen LogP contribution in [0, 0.1) is 0 Å². The topological polar surface area (TPSA) is 32.6 Å². The Morgan fingerprint density at radius 3 is 2.82 bits per heavy atom. The minimum Gasteiger partial charge on any atom is -0.366 e. The first-order valence-electron chi connectivity index (χ1n) is 4.22. The van der Waals surface area contributed by atoms with Crippen molar-refractivity contribution in [1.82, 2.24) is 0 Å². The molecule has 0 aromatic carbocycles. The molecular formula is C9H15NO. The molecular weight excluding hydrogens is 138 g/mol. The van der Waals surface area contributed by atoms with Gasteiger partial charge < -0.3 is 5.11 Å². The lowest BCUT2D eigenvalue weighted by molar-refractivity contribution is 0.0916. The summed E-state index contributed by atoms with van der Waals surface area (Å²) in [6, 6.07) is 0. The van der Waals surface area contributed by atoms with Crippen LogP contribution in [0.4, 0.5) is 0 Å². The highest BCUT2D eigenvalue weighted by Gasteiger charge is 2.22. The molecule has 1 aliphatic rings. The minimum absolute atomic E-state index is 0.758. The van der Waals surface area contributed by atoms with E-state index in [1.54, 1.807) is 18.4 Å². The van der Waals surface area contributed by atoms with Crippen LogP contribution < -0.4 is 0 Å². The van der Waals surface area contributed by atoms with Crippen LogP contribution in [0.1, 0.15) is 32.6 Å². The Hall–Kier alpha value is -0.630. The molecule has 0 aromatic heterocycles. The third kappa shape index (κ3) is 2.46. The smallest absolute Gasteiger partial charge is 0.175 e. The van der Waals surface area contributed by atoms with E-state index in [1.165, 1.54) is 12.8 Å². The monoisotopic (exact) mass is 153 g/mol. The third-order valence-electron chi connectivity index (χ3n) is 1.90. The maximum Gasteiger partial charge on any atom is 0.175 e. The normalized spacial score (nSPS) is 28.2. The highest BCUT2D eigenvalue weighted by molar-refractivity contribution is 5.74. The fourth-order valence-electron chi connectivity index (χ4n) is 1.20. The lowest BCUT2D eigenvalue weighted by Crippen LogP contribution is -2.20. The Bertz CT molecular complexity index is 160. The van der Waals surface area contributed by atoms with Crippen molar-refractivity contribution in [2.45, 2.75) is 38.3 Å². The summed E-state index contributed by atoms with van der Waals surface area (Å²) in [5.41, 5.74) is -0.866. The molecule has 0 spiro atoms. The lowest BCUT2D eigenvalue weighted by Gasteiger charge is -2.15. The van der Waals surface area contributed by atoms with Gasteiger partial charge in [-0.15, -0.1) is 0 Å². The molecule has 0 aliphatic carbocycles. The molecule has 0 fully saturated rings. The largest absolute Gasteiger partial charge is 0.366 e. The maximum absolute atomic E-state index is 9.63. The molecule has 1 unspecified atom stereocenters. The molecule has 62 valence electrons. The zero-order valence-electron chi connectivity index (χ0n) is 6.95. The molecule has 1 N–H and O–H groups in total. The number of allylic oxidation sites excluding steroid dienone is 1. The Morgan fingerprint density at radius 1 is 1.45 bits per heavy atom. The summed E-state index contributed by atoms with van der Waals surface area (Å²) in [5, 5.41) is 9.63. The van der Waals surface area contributed by atoms with Crippen molar-refractivity contribution in [3.8, 4) is 0 Å². The summed E-state index contributed by atoms with van der Waals surface area (Å²) in [7, 11) is 0. The van der Waals surface area contributed by atoms with E-state index >= 15 is 0 Å². The number of unbranched alkanes of at least 4 members (excludes halogenated alkanes) is 2. The van der Waals surface area contributed by atoms with Gasteiger partial charge in [-0.05, 0) is 18.6 Å². The molecule has 0 amide bonds. The second-order valence-electron chi connectivity index (χ2n) is 2.97. The molecule has 11 heavy (non-hydrogen) atoms. The summed E-state index contributed by atoms with van der Waals surface area (Å²) in [5.74, 6) is 0. The van der Waals surface area contributed by atoms with Crippen LogP contribution in [-0.2, 0) is 0 Å². The molecule has 0 saturated carbocycles.